The van der Waals surface area contributed by atoms with Crippen molar-refractivity contribution in [2.75, 3.05) is 10.6 Å². The summed E-state index contributed by atoms with van der Waals surface area (Å²) in [7, 11) is 0. The van der Waals surface area contributed by atoms with Gasteiger partial charge in [-0.25, -0.2) is 4.98 Å². The van der Waals surface area contributed by atoms with Crippen molar-refractivity contribution in [1.82, 2.24) is 9.97 Å². The summed E-state index contributed by atoms with van der Waals surface area (Å²) in [5.74, 6) is 2.13. The van der Waals surface area contributed by atoms with Crippen LogP contribution in [0.2, 0.25) is 5.02 Å². The van der Waals surface area contributed by atoms with Crippen molar-refractivity contribution < 1.29 is 5.11 Å². The van der Waals surface area contributed by atoms with E-state index in [0.717, 1.165) is 17.2 Å². The molecule has 2 fully saturated rings. The normalized spacial score (nSPS) is 17.9. The fraction of sp³-hybridized carbons (Fsp3) is 0.444. The Morgan fingerprint density at radius 2 is 1.83 bits per heavy atom. The van der Waals surface area contributed by atoms with Crippen LogP contribution < -0.4 is 10.6 Å². The fourth-order valence-electron chi connectivity index (χ4n) is 3.18. The third-order valence-electron chi connectivity index (χ3n) is 4.65. The summed E-state index contributed by atoms with van der Waals surface area (Å²) >= 11 is 6.19. The highest BCUT2D eigenvalue weighted by Gasteiger charge is 2.27. The largest absolute Gasteiger partial charge is 0.508 e. The molecule has 0 unspecified atom stereocenters. The van der Waals surface area contributed by atoms with Gasteiger partial charge in [0.15, 0.2) is 0 Å². The lowest BCUT2D eigenvalue weighted by molar-refractivity contribution is 0.475. The lowest BCUT2D eigenvalue weighted by Crippen LogP contribution is -2.17. The van der Waals surface area contributed by atoms with Crippen LogP contribution in [0.4, 0.5) is 17.5 Å². The minimum atomic E-state index is 0.149. The van der Waals surface area contributed by atoms with E-state index in [2.05, 4.69) is 15.6 Å². The third-order valence-corrected chi connectivity index (χ3v) is 4.96. The van der Waals surface area contributed by atoms with Gasteiger partial charge in [-0.15, -0.1) is 0 Å². The zero-order valence-electron chi connectivity index (χ0n) is 13.4. The van der Waals surface area contributed by atoms with Crippen molar-refractivity contribution in [3.8, 4) is 5.75 Å². The highest BCUT2D eigenvalue weighted by Crippen LogP contribution is 2.40. The van der Waals surface area contributed by atoms with Gasteiger partial charge in [0.25, 0.3) is 0 Å². The van der Waals surface area contributed by atoms with E-state index >= 15 is 0 Å². The number of nitrogens with one attached hydrogen (secondary N) is 2. The Balaban J connectivity index is 1.59. The predicted octanol–water partition coefficient (Wildman–Crippen LogP) is 4.81. The number of phenolic OH excluding ortho intramolecular Hbond substituents is 1. The molecule has 1 heterocycles. The van der Waals surface area contributed by atoms with E-state index in [4.69, 9.17) is 16.6 Å². The van der Waals surface area contributed by atoms with E-state index in [1.54, 1.807) is 12.1 Å². The molecule has 5 nitrogen and oxygen atoms in total. The van der Waals surface area contributed by atoms with Crippen molar-refractivity contribution >= 4 is 29.1 Å². The molecule has 4 rings (SSSR count). The van der Waals surface area contributed by atoms with Crippen molar-refractivity contribution in [1.29, 1.82) is 0 Å². The standard InChI is InChI=1S/C18H21ClN4O/c19-14-9-13(24)7-8-15(14)21-17-10-16(11-5-6-11)22-18(23-17)20-12-3-1-2-4-12/h7-12,24H,1-6H2,(H2,20,21,22,23). The van der Waals surface area contributed by atoms with Crippen LogP contribution in [-0.4, -0.2) is 21.1 Å². The maximum absolute atomic E-state index is 9.48. The van der Waals surface area contributed by atoms with Crippen molar-refractivity contribution in [2.24, 2.45) is 0 Å². The molecule has 0 saturated heterocycles. The highest BCUT2D eigenvalue weighted by atomic mass is 35.5. The van der Waals surface area contributed by atoms with Gasteiger partial charge in [0, 0.05) is 24.1 Å². The second kappa shape index (κ2) is 6.48. The number of rotatable bonds is 5. The minimum Gasteiger partial charge on any atom is -0.508 e. The van der Waals surface area contributed by atoms with Crippen LogP contribution in [0, 0.1) is 0 Å². The van der Waals surface area contributed by atoms with Gasteiger partial charge < -0.3 is 15.7 Å². The third kappa shape index (κ3) is 3.56. The summed E-state index contributed by atoms with van der Waals surface area (Å²) in [4.78, 5) is 9.31. The molecule has 2 saturated carbocycles. The number of nitrogens with zero attached hydrogens (tertiary/aromatic N) is 2. The molecular formula is C18H21ClN4O. The quantitative estimate of drug-likeness (QED) is 0.679. The molecule has 6 heteroatoms. The highest BCUT2D eigenvalue weighted by molar-refractivity contribution is 6.33. The van der Waals surface area contributed by atoms with Gasteiger partial charge in [-0.1, -0.05) is 24.4 Å². The van der Waals surface area contributed by atoms with Gasteiger partial charge in [-0.2, -0.15) is 4.98 Å². The molecular weight excluding hydrogens is 324 g/mol. The molecule has 0 amide bonds. The molecule has 1 aromatic carbocycles. The molecule has 2 aliphatic carbocycles. The van der Waals surface area contributed by atoms with Crippen LogP contribution in [0.1, 0.15) is 50.1 Å². The molecule has 2 aromatic rings. The first-order valence-electron chi connectivity index (χ1n) is 8.58. The van der Waals surface area contributed by atoms with Crippen LogP contribution in [0.15, 0.2) is 24.3 Å². The number of phenols is 1. The van der Waals surface area contributed by atoms with Gasteiger partial charge in [-0.3, -0.25) is 0 Å². The number of hydrogen-bond donors (Lipinski definition) is 3. The monoisotopic (exact) mass is 344 g/mol. The Kier molecular flexibility index (Phi) is 4.19. The van der Waals surface area contributed by atoms with Gasteiger partial charge in [0.2, 0.25) is 5.95 Å². The number of hydrogen-bond acceptors (Lipinski definition) is 5. The summed E-state index contributed by atoms with van der Waals surface area (Å²) < 4.78 is 0. The molecule has 126 valence electrons. The summed E-state index contributed by atoms with van der Waals surface area (Å²) in [6.45, 7) is 0. The Bertz CT molecular complexity index is 742. The molecule has 0 atom stereocenters. The van der Waals surface area contributed by atoms with Crippen LogP contribution in [0.3, 0.4) is 0 Å². The van der Waals surface area contributed by atoms with Crippen LogP contribution >= 0.6 is 11.6 Å². The molecule has 1 aromatic heterocycles. The van der Waals surface area contributed by atoms with Crippen LogP contribution in [-0.2, 0) is 0 Å². The second-order valence-corrected chi connectivity index (χ2v) is 7.10. The summed E-state index contributed by atoms with van der Waals surface area (Å²) in [5, 5.41) is 16.7. The van der Waals surface area contributed by atoms with Crippen LogP contribution in [0.5, 0.6) is 5.75 Å². The summed E-state index contributed by atoms with van der Waals surface area (Å²) in [6.07, 6.45) is 7.30. The Morgan fingerprint density at radius 3 is 2.54 bits per heavy atom. The Morgan fingerprint density at radius 1 is 1.04 bits per heavy atom. The number of aromatic hydroxyl groups is 1. The molecule has 3 N–H and O–H groups in total. The maximum atomic E-state index is 9.48. The van der Waals surface area contributed by atoms with Gasteiger partial charge in [0.05, 0.1) is 16.4 Å². The number of halogens is 1. The van der Waals surface area contributed by atoms with Crippen molar-refractivity contribution in [3.63, 3.8) is 0 Å². The fourth-order valence-corrected chi connectivity index (χ4v) is 3.40. The van der Waals surface area contributed by atoms with Gasteiger partial charge in [-0.05, 0) is 37.8 Å². The number of anilines is 3. The maximum Gasteiger partial charge on any atom is 0.225 e. The van der Waals surface area contributed by atoms with E-state index in [0.29, 0.717) is 22.9 Å². The average Bonchev–Trinajstić information content (AvgIpc) is 3.29. The zero-order valence-corrected chi connectivity index (χ0v) is 14.2. The lowest BCUT2D eigenvalue weighted by atomic mass is 10.2. The minimum absolute atomic E-state index is 0.149. The van der Waals surface area contributed by atoms with Gasteiger partial charge >= 0.3 is 0 Å². The Labute approximate surface area is 146 Å². The summed E-state index contributed by atoms with van der Waals surface area (Å²) in [5.41, 5.74) is 1.81. The molecule has 24 heavy (non-hydrogen) atoms. The van der Waals surface area contributed by atoms with Crippen molar-refractivity contribution in [3.05, 3.63) is 35.0 Å². The SMILES string of the molecule is Oc1ccc(Nc2cc(C3CC3)nc(NC3CCCC3)n2)c(Cl)c1. The predicted molar refractivity (Wildman–Crippen MR) is 96.3 cm³/mol. The van der Waals surface area contributed by atoms with E-state index in [1.807, 2.05) is 6.07 Å². The molecule has 0 spiro atoms. The number of aromatic nitrogens is 2. The zero-order chi connectivity index (χ0) is 16.5. The average molecular weight is 345 g/mol. The first-order chi connectivity index (χ1) is 11.7. The lowest BCUT2D eigenvalue weighted by Gasteiger charge is -2.15. The topological polar surface area (TPSA) is 70.1 Å². The van der Waals surface area contributed by atoms with E-state index in [1.165, 1.54) is 44.6 Å². The molecule has 0 aliphatic heterocycles. The van der Waals surface area contributed by atoms with E-state index in [9.17, 15) is 5.11 Å². The first kappa shape index (κ1) is 15.5. The number of benzene rings is 1. The first-order valence-corrected chi connectivity index (χ1v) is 8.96. The van der Waals surface area contributed by atoms with Crippen LogP contribution in [0.25, 0.3) is 0 Å². The van der Waals surface area contributed by atoms with E-state index in [-0.39, 0.29) is 5.75 Å². The smallest absolute Gasteiger partial charge is 0.225 e. The van der Waals surface area contributed by atoms with Crippen molar-refractivity contribution in [2.45, 2.75) is 50.5 Å². The van der Waals surface area contributed by atoms with Gasteiger partial charge in [0.1, 0.15) is 11.6 Å². The molecule has 2 aliphatic rings. The Hall–Kier alpha value is -2.01. The summed E-state index contributed by atoms with van der Waals surface area (Å²) in [6, 6.07) is 7.35. The molecule has 0 bridgehead atoms. The van der Waals surface area contributed by atoms with E-state index < -0.39 is 0 Å². The second-order valence-electron chi connectivity index (χ2n) is 6.69. The molecule has 0 radical (unpaired) electrons.